The van der Waals surface area contributed by atoms with Crippen molar-refractivity contribution >= 4 is 23.5 Å². The van der Waals surface area contributed by atoms with Crippen LogP contribution < -0.4 is 20.1 Å². The normalized spacial score (nSPS) is 11.6. The largest absolute Gasteiger partial charge is 0.454 e. The van der Waals surface area contributed by atoms with Crippen LogP contribution in [-0.2, 0) is 14.3 Å². The molecule has 0 spiro atoms. The Morgan fingerprint density at radius 3 is 2.64 bits per heavy atom. The molecule has 0 atom stereocenters. The average Bonchev–Trinajstić information content (AvgIpc) is 3.16. The van der Waals surface area contributed by atoms with Crippen LogP contribution in [0.25, 0.3) is 0 Å². The fraction of sp³-hybridized carbons (Fsp3) is 0.250. The maximum absolute atomic E-state index is 12.0. The molecule has 28 heavy (non-hydrogen) atoms. The third-order valence-corrected chi connectivity index (χ3v) is 4.27. The first-order chi connectivity index (χ1) is 13.4. The first-order valence-electron chi connectivity index (χ1n) is 8.63. The summed E-state index contributed by atoms with van der Waals surface area (Å²) in [5, 5.41) is 5.15. The Morgan fingerprint density at radius 2 is 1.82 bits per heavy atom. The summed E-state index contributed by atoms with van der Waals surface area (Å²) in [5.41, 5.74) is 2.94. The van der Waals surface area contributed by atoms with Crippen LogP contribution in [0.15, 0.2) is 36.4 Å². The molecule has 0 unspecified atom stereocenters. The number of aryl methyl sites for hydroxylation is 1. The predicted octanol–water partition coefficient (Wildman–Crippen LogP) is 1.94. The molecule has 2 amide bonds. The Hall–Kier alpha value is -3.55. The number of carbonyl (C=O) groups excluding carboxylic acids is 3. The van der Waals surface area contributed by atoms with Crippen molar-refractivity contribution < 1.29 is 28.6 Å². The van der Waals surface area contributed by atoms with Crippen molar-refractivity contribution in [3.05, 3.63) is 53.1 Å². The van der Waals surface area contributed by atoms with E-state index in [-0.39, 0.29) is 24.8 Å². The van der Waals surface area contributed by atoms with E-state index < -0.39 is 18.5 Å². The van der Waals surface area contributed by atoms with Gasteiger partial charge in [-0.2, -0.15) is 0 Å². The van der Waals surface area contributed by atoms with Crippen LogP contribution in [-0.4, -0.2) is 37.7 Å². The molecule has 3 rings (SSSR count). The summed E-state index contributed by atoms with van der Waals surface area (Å²) in [4.78, 5) is 35.8. The molecule has 0 fully saturated rings. The molecule has 1 aliphatic heterocycles. The van der Waals surface area contributed by atoms with Gasteiger partial charge in [0.25, 0.3) is 5.91 Å². The minimum Gasteiger partial charge on any atom is -0.454 e. The molecule has 0 saturated heterocycles. The van der Waals surface area contributed by atoms with Crippen LogP contribution in [0.5, 0.6) is 11.5 Å². The van der Waals surface area contributed by atoms with E-state index in [0.29, 0.717) is 17.2 Å². The molecule has 2 N–H and O–H groups in total. The molecule has 146 valence electrons. The molecule has 2 aromatic carbocycles. The van der Waals surface area contributed by atoms with E-state index in [4.69, 9.17) is 14.2 Å². The van der Waals surface area contributed by atoms with Crippen molar-refractivity contribution in [2.24, 2.45) is 0 Å². The van der Waals surface area contributed by atoms with E-state index in [1.54, 1.807) is 12.1 Å². The highest BCUT2D eigenvalue weighted by molar-refractivity contribution is 5.96. The van der Waals surface area contributed by atoms with Crippen LogP contribution in [0.1, 0.15) is 21.5 Å². The van der Waals surface area contributed by atoms with Crippen LogP contribution in [0.4, 0.5) is 5.69 Å². The van der Waals surface area contributed by atoms with Gasteiger partial charge in [-0.25, -0.2) is 4.79 Å². The standard InChI is InChI=1S/C20H20N2O6/c1-12-4-3-5-15(13(12)2)22-18(23)9-21-19(24)10-26-20(25)14-6-7-16-17(8-14)28-11-27-16/h3-8H,9-11H2,1-2H3,(H,21,24)(H,22,23). The monoisotopic (exact) mass is 384 g/mol. The third kappa shape index (κ3) is 4.59. The number of fused-ring (bicyclic) bond motifs is 1. The number of anilines is 1. The van der Waals surface area contributed by atoms with Gasteiger partial charge in [-0.15, -0.1) is 0 Å². The number of hydrogen-bond donors (Lipinski definition) is 2. The number of amides is 2. The number of ether oxygens (including phenoxy) is 3. The van der Waals surface area contributed by atoms with Crippen molar-refractivity contribution in [1.82, 2.24) is 5.32 Å². The highest BCUT2D eigenvalue weighted by Crippen LogP contribution is 2.32. The zero-order valence-electron chi connectivity index (χ0n) is 15.5. The van der Waals surface area contributed by atoms with Crippen molar-refractivity contribution in [1.29, 1.82) is 0 Å². The van der Waals surface area contributed by atoms with Gasteiger partial charge < -0.3 is 24.8 Å². The number of benzene rings is 2. The summed E-state index contributed by atoms with van der Waals surface area (Å²) < 4.78 is 15.3. The number of rotatable bonds is 6. The fourth-order valence-corrected chi connectivity index (χ4v) is 2.55. The zero-order chi connectivity index (χ0) is 20.1. The van der Waals surface area contributed by atoms with Gasteiger partial charge in [0.1, 0.15) is 0 Å². The van der Waals surface area contributed by atoms with Crippen molar-refractivity contribution in [2.45, 2.75) is 13.8 Å². The zero-order valence-corrected chi connectivity index (χ0v) is 15.5. The Kier molecular flexibility index (Phi) is 5.78. The Balaban J connectivity index is 1.43. The highest BCUT2D eigenvalue weighted by atomic mass is 16.7. The summed E-state index contributed by atoms with van der Waals surface area (Å²) in [6.45, 7) is 3.22. The topological polar surface area (TPSA) is 103 Å². The number of nitrogens with one attached hydrogen (secondary N) is 2. The van der Waals surface area contributed by atoms with Crippen LogP contribution in [0, 0.1) is 13.8 Å². The number of hydrogen-bond acceptors (Lipinski definition) is 6. The van der Waals surface area contributed by atoms with Gasteiger partial charge in [-0.05, 0) is 49.2 Å². The lowest BCUT2D eigenvalue weighted by atomic mass is 10.1. The molecular formula is C20H20N2O6. The molecule has 8 nitrogen and oxygen atoms in total. The molecular weight excluding hydrogens is 364 g/mol. The first kappa shape index (κ1) is 19.2. The molecule has 0 bridgehead atoms. The molecule has 0 aromatic heterocycles. The van der Waals surface area contributed by atoms with Crippen LogP contribution in [0.2, 0.25) is 0 Å². The minimum atomic E-state index is -0.673. The molecule has 1 heterocycles. The SMILES string of the molecule is Cc1cccc(NC(=O)CNC(=O)COC(=O)c2ccc3c(c2)OCO3)c1C. The summed E-state index contributed by atoms with van der Waals surface area (Å²) in [6.07, 6.45) is 0. The first-order valence-corrected chi connectivity index (χ1v) is 8.63. The summed E-state index contributed by atoms with van der Waals surface area (Å²) in [5.74, 6) is -0.631. The Labute approximate surface area is 161 Å². The predicted molar refractivity (Wildman–Crippen MR) is 100 cm³/mol. The van der Waals surface area contributed by atoms with Crippen molar-refractivity contribution in [3.63, 3.8) is 0 Å². The minimum absolute atomic E-state index is 0.0976. The summed E-state index contributed by atoms with van der Waals surface area (Å²) in [6, 6.07) is 10.2. The maximum Gasteiger partial charge on any atom is 0.338 e. The van der Waals surface area contributed by atoms with Gasteiger partial charge in [-0.1, -0.05) is 12.1 Å². The van der Waals surface area contributed by atoms with Gasteiger partial charge in [0.05, 0.1) is 12.1 Å². The summed E-state index contributed by atoms with van der Waals surface area (Å²) >= 11 is 0. The van der Waals surface area contributed by atoms with Crippen LogP contribution >= 0.6 is 0 Å². The molecule has 8 heteroatoms. The maximum atomic E-state index is 12.0. The van der Waals surface area contributed by atoms with Gasteiger partial charge in [0.15, 0.2) is 18.1 Å². The fourth-order valence-electron chi connectivity index (χ4n) is 2.55. The lowest BCUT2D eigenvalue weighted by Crippen LogP contribution is -2.35. The second-order valence-corrected chi connectivity index (χ2v) is 6.22. The van der Waals surface area contributed by atoms with Gasteiger partial charge in [0, 0.05) is 5.69 Å². The third-order valence-electron chi connectivity index (χ3n) is 4.27. The van der Waals surface area contributed by atoms with Gasteiger partial charge >= 0.3 is 5.97 Å². The van der Waals surface area contributed by atoms with E-state index >= 15 is 0 Å². The smallest absolute Gasteiger partial charge is 0.338 e. The molecule has 0 aliphatic carbocycles. The van der Waals surface area contributed by atoms with Crippen LogP contribution in [0.3, 0.4) is 0 Å². The lowest BCUT2D eigenvalue weighted by molar-refractivity contribution is -0.126. The van der Waals surface area contributed by atoms with E-state index in [1.165, 1.54) is 12.1 Å². The molecule has 2 aromatic rings. The second kappa shape index (κ2) is 8.43. The number of carbonyl (C=O) groups is 3. The highest BCUT2D eigenvalue weighted by Gasteiger charge is 2.18. The van der Waals surface area contributed by atoms with E-state index in [2.05, 4.69) is 10.6 Å². The van der Waals surface area contributed by atoms with E-state index in [9.17, 15) is 14.4 Å². The Bertz CT molecular complexity index is 925. The molecule has 0 radical (unpaired) electrons. The van der Waals surface area contributed by atoms with E-state index in [0.717, 1.165) is 11.1 Å². The second-order valence-electron chi connectivity index (χ2n) is 6.22. The Morgan fingerprint density at radius 1 is 1.04 bits per heavy atom. The van der Waals surface area contributed by atoms with Gasteiger partial charge in [-0.3, -0.25) is 9.59 Å². The van der Waals surface area contributed by atoms with Gasteiger partial charge in [0.2, 0.25) is 12.7 Å². The number of esters is 1. The quantitative estimate of drug-likeness (QED) is 0.738. The summed E-state index contributed by atoms with van der Waals surface area (Å²) in [7, 11) is 0. The van der Waals surface area contributed by atoms with Crippen molar-refractivity contribution in [2.75, 3.05) is 25.3 Å². The average molecular weight is 384 g/mol. The lowest BCUT2D eigenvalue weighted by Gasteiger charge is -2.11. The molecule has 1 aliphatic rings. The molecule has 0 saturated carbocycles. The van der Waals surface area contributed by atoms with E-state index in [1.807, 2.05) is 26.0 Å². The van der Waals surface area contributed by atoms with Crippen molar-refractivity contribution in [3.8, 4) is 11.5 Å².